The molecule has 0 aliphatic carbocycles. The SMILES string of the molecule is C[C@H]1OC2(CCN(C)CC2)C/C1=N/O. The highest BCUT2D eigenvalue weighted by molar-refractivity contribution is 5.90. The zero-order chi connectivity index (χ0) is 10.2. The first-order valence-corrected chi connectivity index (χ1v) is 5.22. The smallest absolute Gasteiger partial charge is 0.0969 e. The molecule has 0 aromatic rings. The van der Waals surface area contributed by atoms with E-state index >= 15 is 0 Å². The standard InChI is InChI=1S/C10H18N2O2/c1-8-9(11-13)7-10(14-8)3-5-12(2)6-4-10/h8,13H,3-7H2,1-2H3/b11-9-/t8-/m1/s1. The zero-order valence-electron chi connectivity index (χ0n) is 8.86. The minimum Gasteiger partial charge on any atom is -0.411 e. The number of nitrogens with zero attached hydrogens (tertiary/aromatic N) is 2. The third kappa shape index (κ3) is 1.64. The molecule has 2 heterocycles. The lowest BCUT2D eigenvalue weighted by molar-refractivity contribution is -0.0657. The Bertz CT molecular complexity index is 245. The number of likely N-dealkylation sites (tertiary alicyclic amines) is 1. The van der Waals surface area contributed by atoms with E-state index in [9.17, 15) is 0 Å². The van der Waals surface area contributed by atoms with Gasteiger partial charge in [-0.15, -0.1) is 0 Å². The second-order valence-electron chi connectivity index (χ2n) is 4.51. The van der Waals surface area contributed by atoms with Crippen molar-refractivity contribution in [1.29, 1.82) is 0 Å². The van der Waals surface area contributed by atoms with Crippen LogP contribution in [-0.4, -0.2) is 47.7 Å². The number of rotatable bonds is 0. The highest BCUT2D eigenvalue weighted by atomic mass is 16.5. The Labute approximate surface area is 84.5 Å². The van der Waals surface area contributed by atoms with Gasteiger partial charge in [-0.25, -0.2) is 0 Å². The molecule has 0 unspecified atom stereocenters. The van der Waals surface area contributed by atoms with E-state index < -0.39 is 0 Å². The van der Waals surface area contributed by atoms with Crippen molar-refractivity contribution < 1.29 is 9.94 Å². The zero-order valence-corrected chi connectivity index (χ0v) is 8.86. The molecule has 0 aromatic heterocycles. The van der Waals surface area contributed by atoms with E-state index in [4.69, 9.17) is 9.94 Å². The number of oxime groups is 1. The summed E-state index contributed by atoms with van der Waals surface area (Å²) in [5, 5.41) is 12.1. The maximum atomic E-state index is 8.80. The van der Waals surface area contributed by atoms with E-state index in [0.29, 0.717) is 0 Å². The molecule has 14 heavy (non-hydrogen) atoms. The molecule has 2 rings (SSSR count). The van der Waals surface area contributed by atoms with Crippen LogP contribution in [0.4, 0.5) is 0 Å². The van der Waals surface area contributed by atoms with Crippen molar-refractivity contribution in [2.45, 2.75) is 37.9 Å². The molecule has 0 radical (unpaired) electrons. The number of hydrogen-bond donors (Lipinski definition) is 1. The molecule has 1 N–H and O–H groups in total. The quantitative estimate of drug-likeness (QED) is 0.468. The predicted molar refractivity (Wildman–Crippen MR) is 53.8 cm³/mol. The Morgan fingerprint density at radius 3 is 2.64 bits per heavy atom. The molecule has 0 amide bonds. The van der Waals surface area contributed by atoms with Crippen molar-refractivity contribution in [2.75, 3.05) is 20.1 Å². The van der Waals surface area contributed by atoms with Crippen LogP contribution in [0.5, 0.6) is 0 Å². The van der Waals surface area contributed by atoms with Crippen LogP contribution in [0.1, 0.15) is 26.2 Å². The monoisotopic (exact) mass is 198 g/mol. The van der Waals surface area contributed by atoms with Crippen LogP contribution in [0.25, 0.3) is 0 Å². The fraction of sp³-hybridized carbons (Fsp3) is 0.900. The highest BCUT2D eigenvalue weighted by Gasteiger charge is 2.44. The maximum Gasteiger partial charge on any atom is 0.0969 e. The molecule has 2 aliphatic heterocycles. The van der Waals surface area contributed by atoms with E-state index in [-0.39, 0.29) is 11.7 Å². The van der Waals surface area contributed by atoms with Crippen LogP contribution in [0, 0.1) is 0 Å². The maximum absolute atomic E-state index is 8.80. The first-order valence-electron chi connectivity index (χ1n) is 5.22. The normalized spacial score (nSPS) is 35.6. The minimum absolute atomic E-state index is 0.0107. The van der Waals surface area contributed by atoms with Gasteiger partial charge in [-0.2, -0.15) is 0 Å². The number of piperidine rings is 1. The summed E-state index contributed by atoms with van der Waals surface area (Å²) in [6.07, 6.45) is 2.89. The Hall–Kier alpha value is -0.610. The summed E-state index contributed by atoms with van der Waals surface area (Å²) in [6, 6.07) is 0. The van der Waals surface area contributed by atoms with E-state index in [1.807, 2.05) is 6.92 Å². The van der Waals surface area contributed by atoms with Crippen molar-refractivity contribution in [3.8, 4) is 0 Å². The van der Waals surface area contributed by atoms with E-state index in [1.165, 1.54) is 0 Å². The molecule has 0 aromatic carbocycles. The third-order valence-corrected chi connectivity index (χ3v) is 3.43. The fourth-order valence-corrected chi connectivity index (χ4v) is 2.40. The first-order chi connectivity index (χ1) is 6.65. The molecule has 2 fully saturated rings. The lowest BCUT2D eigenvalue weighted by atomic mass is 9.88. The average molecular weight is 198 g/mol. The van der Waals surface area contributed by atoms with Crippen molar-refractivity contribution in [3.63, 3.8) is 0 Å². The van der Waals surface area contributed by atoms with Gasteiger partial charge in [0.15, 0.2) is 0 Å². The van der Waals surface area contributed by atoms with Crippen molar-refractivity contribution >= 4 is 5.71 Å². The van der Waals surface area contributed by atoms with Gasteiger partial charge < -0.3 is 14.8 Å². The van der Waals surface area contributed by atoms with Gasteiger partial charge in [0.1, 0.15) is 0 Å². The summed E-state index contributed by atoms with van der Waals surface area (Å²) in [6.45, 7) is 4.11. The summed E-state index contributed by atoms with van der Waals surface area (Å²) in [5.41, 5.74) is 0.766. The first kappa shape index (κ1) is 9.93. The molecule has 4 nitrogen and oxygen atoms in total. The topological polar surface area (TPSA) is 45.1 Å². The van der Waals surface area contributed by atoms with Gasteiger partial charge in [-0.3, -0.25) is 0 Å². The second kappa shape index (κ2) is 3.51. The van der Waals surface area contributed by atoms with Gasteiger partial charge in [0.2, 0.25) is 0 Å². The summed E-state index contributed by atoms with van der Waals surface area (Å²) >= 11 is 0. The summed E-state index contributed by atoms with van der Waals surface area (Å²) in [5.74, 6) is 0. The summed E-state index contributed by atoms with van der Waals surface area (Å²) in [4.78, 5) is 2.31. The Morgan fingerprint density at radius 2 is 2.14 bits per heavy atom. The van der Waals surface area contributed by atoms with Crippen LogP contribution in [-0.2, 0) is 4.74 Å². The number of hydrogen-bond acceptors (Lipinski definition) is 4. The second-order valence-corrected chi connectivity index (χ2v) is 4.51. The molecular formula is C10H18N2O2. The fourth-order valence-electron chi connectivity index (χ4n) is 2.40. The highest BCUT2D eigenvalue weighted by Crippen LogP contribution is 2.37. The molecular weight excluding hydrogens is 180 g/mol. The molecule has 2 saturated heterocycles. The molecule has 0 bridgehead atoms. The molecule has 1 atom stereocenters. The lowest BCUT2D eigenvalue weighted by Gasteiger charge is -2.36. The van der Waals surface area contributed by atoms with Crippen LogP contribution in [0.2, 0.25) is 0 Å². The Morgan fingerprint density at radius 1 is 1.50 bits per heavy atom. The van der Waals surface area contributed by atoms with Gasteiger partial charge in [-0.05, 0) is 26.8 Å². The van der Waals surface area contributed by atoms with Crippen LogP contribution >= 0.6 is 0 Å². The van der Waals surface area contributed by atoms with Gasteiger partial charge in [0, 0.05) is 19.5 Å². The van der Waals surface area contributed by atoms with Gasteiger partial charge in [0.25, 0.3) is 0 Å². The molecule has 1 spiro atoms. The summed E-state index contributed by atoms with van der Waals surface area (Å²) in [7, 11) is 2.13. The molecule has 80 valence electrons. The van der Waals surface area contributed by atoms with E-state index in [0.717, 1.165) is 38.1 Å². The summed E-state index contributed by atoms with van der Waals surface area (Å²) < 4.78 is 5.92. The van der Waals surface area contributed by atoms with Crippen LogP contribution in [0.3, 0.4) is 0 Å². The van der Waals surface area contributed by atoms with E-state index in [2.05, 4.69) is 17.1 Å². The predicted octanol–water partition coefficient (Wildman–Crippen LogP) is 1.09. The van der Waals surface area contributed by atoms with Crippen molar-refractivity contribution in [2.24, 2.45) is 5.16 Å². The Kier molecular flexibility index (Phi) is 2.49. The van der Waals surface area contributed by atoms with E-state index in [1.54, 1.807) is 0 Å². The van der Waals surface area contributed by atoms with Crippen molar-refractivity contribution in [3.05, 3.63) is 0 Å². The van der Waals surface area contributed by atoms with Crippen LogP contribution < -0.4 is 0 Å². The van der Waals surface area contributed by atoms with Gasteiger partial charge in [0.05, 0.1) is 17.4 Å². The van der Waals surface area contributed by atoms with Gasteiger partial charge >= 0.3 is 0 Å². The molecule has 4 heteroatoms. The third-order valence-electron chi connectivity index (χ3n) is 3.43. The number of ether oxygens (including phenoxy) is 1. The molecule has 0 saturated carbocycles. The minimum atomic E-state index is -0.0342. The van der Waals surface area contributed by atoms with Gasteiger partial charge in [-0.1, -0.05) is 5.16 Å². The lowest BCUT2D eigenvalue weighted by Crippen LogP contribution is -2.42. The van der Waals surface area contributed by atoms with Crippen LogP contribution in [0.15, 0.2) is 5.16 Å². The molecule has 2 aliphatic rings. The largest absolute Gasteiger partial charge is 0.411 e. The van der Waals surface area contributed by atoms with Crippen molar-refractivity contribution in [1.82, 2.24) is 4.90 Å². The average Bonchev–Trinajstić information content (AvgIpc) is 2.49. The Balaban J connectivity index is 2.06.